The zero-order chi connectivity index (χ0) is 14.9. The van der Waals surface area contributed by atoms with Crippen molar-refractivity contribution < 1.29 is 19.5 Å². The minimum Gasteiger partial charge on any atom is -0.480 e. The number of amides is 3. The van der Waals surface area contributed by atoms with Gasteiger partial charge >= 0.3 is 12.0 Å². The highest BCUT2D eigenvalue weighted by atomic mass is 32.2. The maximum absolute atomic E-state index is 12.5. The summed E-state index contributed by atoms with van der Waals surface area (Å²) in [5.41, 5.74) is 5.13. The monoisotopic (exact) mass is 301 g/mol. The van der Waals surface area contributed by atoms with Crippen molar-refractivity contribution in [3.05, 3.63) is 0 Å². The molecule has 20 heavy (non-hydrogen) atoms. The second-order valence-corrected chi connectivity index (χ2v) is 6.24. The number of hydrogen-bond acceptors (Lipinski definition) is 4. The number of carbonyl (C=O) groups is 3. The first-order valence-corrected chi connectivity index (χ1v) is 7.70. The lowest BCUT2D eigenvalue weighted by molar-refractivity contribution is -0.141. The van der Waals surface area contributed by atoms with Crippen LogP contribution in [-0.2, 0) is 9.59 Å². The Labute approximate surface area is 121 Å². The molecule has 112 valence electrons. The molecule has 0 aromatic heterocycles. The Morgan fingerprint density at radius 2 is 2.05 bits per heavy atom. The number of carboxylic acids is 1. The zero-order valence-corrected chi connectivity index (χ0v) is 12.1. The van der Waals surface area contributed by atoms with Crippen LogP contribution in [0.2, 0.25) is 0 Å². The summed E-state index contributed by atoms with van der Waals surface area (Å²) in [6.45, 7) is 1.89. The molecule has 2 rings (SSSR count). The van der Waals surface area contributed by atoms with Crippen LogP contribution in [0.1, 0.15) is 19.8 Å². The first kappa shape index (κ1) is 15.0. The molecule has 0 bridgehead atoms. The van der Waals surface area contributed by atoms with Gasteiger partial charge in [0.1, 0.15) is 12.6 Å². The fourth-order valence-electron chi connectivity index (χ4n) is 2.37. The van der Waals surface area contributed by atoms with Crippen LogP contribution in [0.5, 0.6) is 0 Å². The van der Waals surface area contributed by atoms with Crippen molar-refractivity contribution in [2.24, 2.45) is 11.7 Å². The lowest BCUT2D eigenvalue weighted by atomic mass is 10.2. The third kappa shape index (κ3) is 3.00. The zero-order valence-electron chi connectivity index (χ0n) is 11.3. The Morgan fingerprint density at radius 3 is 2.50 bits per heavy atom. The summed E-state index contributed by atoms with van der Waals surface area (Å²) in [5, 5.41) is 9.18. The van der Waals surface area contributed by atoms with Crippen molar-refractivity contribution in [3.63, 3.8) is 0 Å². The molecule has 2 aliphatic rings. The second-order valence-electron chi connectivity index (χ2n) is 5.09. The van der Waals surface area contributed by atoms with E-state index in [1.54, 1.807) is 6.92 Å². The van der Waals surface area contributed by atoms with Crippen LogP contribution < -0.4 is 5.73 Å². The summed E-state index contributed by atoms with van der Waals surface area (Å²) in [7, 11) is 0. The highest BCUT2D eigenvalue weighted by molar-refractivity contribution is 8.00. The highest BCUT2D eigenvalue weighted by Crippen LogP contribution is 2.45. The van der Waals surface area contributed by atoms with Crippen LogP contribution in [0.3, 0.4) is 0 Å². The van der Waals surface area contributed by atoms with E-state index in [1.807, 2.05) is 0 Å². The Balaban J connectivity index is 2.17. The molecule has 0 spiro atoms. The summed E-state index contributed by atoms with van der Waals surface area (Å²) >= 11 is 1.51. The van der Waals surface area contributed by atoms with Gasteiger partial charge in [0.05, 0.1) is 5.37 Å². The normalized spacial score (nSPS) is 25.6. The van der Waals surface area contributed by atoms with Gasteiger partial charge < -0.3 is 15.7 Å². The molecule has 1 saturated carbocycles. The Hall–Kier alpha value is -1.44. The summed E-state index contributed by atoms with van der Waals surface area (Å²) < 4.78 is 0. The van der Waals surface area contributed by atoms with E-state index < -0.39 is 23.9 Å². The molecule has 3 amide bonds. The molecular formula is C12H19N3O4S. The molecule has 1 saturated heterocycles. The number of urea groups is 1. The average Bonchev–Trinajstić information content (AvgIpc) is 3.13. The summed E-state index contributed by atoms with van der Waals surface area (Å²) in [6.07, 6.45) is 2.05. The first-order valence-electron chi connectivity index (χ1n) is 6.65. The standard InChI is InChI=1S/C12H19N3O4S/c1-2-14(5-9(13)16)12(19)15-8(11(17)18)6-20-10(15)7-3-4-7/h7-8,10H,2-6H2,1H3,(H2,13,16)(H,17,18). The Bertz CT molecular complexity index is 427. The van der Waals surface area contributed by atoms with Gasteiger partial charge in [0.2, 0.25) is 5.91 Å². The number of primary amides is 1. The van der Waals surface area contributed by atoms with Crippen molar-refractivity contribution in [2.45, 2.75) is 31.2 Å². The number of aliphatic carboxylic acids is 1. The molecule has 1 aliphatic heterocycles. The first-order chi connectivity index (χ1) is 9.45. The molecule has 0 aromatic rings. The van der Waals surface area contributed by atoms with Gasteiger partial charge in [0, 0.05) is 12.3 Å². The van der Waals surface area contributed by atoms with Crippen molar-refractivity contribution >= 4 is 29.7 Å². The molecular weight excluding hydrogens is 282 g/mol. The van der Waals surface area contributed by atoms with Gasteiger partial charge in [-0.05, 0) is 25.7 Å². The molecule has 2 fully saturated rings. The maximum atomic E-state index is 12.5. The molecule has 1 heterocycles. The molecule has 0 aromatic carbocycles. The number of nitrogens with zero attached hydrogens (tertiary/aromatic N) is 2. The molecule has 0 radical (unpaired) electrons. The van der Waals surface area contributed by atoms with E-state index >= 15 is 0 Å². The quantitative estimate of drug-likeness (QED) is 0.752. The number of carbonyl (C=O) groups excluding carboxylic acids is 2. The number of nitrogens with two attached hydrogens (primary N) is 1. The molecule has 1 aliphatic carbocycles. The van der Waals surface area contributed by atoms with Gasteiger partial charge in [-0.25, -0.2) is 9.59 Å². The topological polar surface area (TPSA) is 104 Å². The molecule has 2 unspecified atom stereocenters. The third-order valence-electron chi connectivity index (χ3n) is 3.56. The van der Waals surface area contributed by atoms with Gasteiger partial charge in [-0.15, -0.1) is 11.8 Å². The number of likely N-dealkylation sites (N-methyl/N-ethyl adjacent to an activating group) is 1. The molecule has 3 N–H and O–H groups in total. The van der Waals surface area contributed by atoms with Crippen LogP contribution in [0, 0.1) is 5.92 Å². The van der Waals surface area contributed by atoms with Crippen molar-refractivity contribution in [3.8, 4) is 0 Å². The third-order valence-corrected chi connectivity index (χ3v) is 5.03. The molecule has 7 nitrogen and oxygen atoms in total. The average molecular weight is 301 g/mol. The van der Waals surface area contributed by atoms with Gasteiger partial charge in [0.25, 0.3) is 0 Å². The van der Waals surface area contributed by atoms with Gasteiger partial charge in [-0.3, -0.25) is 9.69 Å². The van der Waals surface area contributed by atoms with Gasteiger partial charge in [-0.2, -0.15) is 0 Å². The SMILES string of the molecule is CCN(CC(N)=O)C(=O)N1C(C(=O)O)CSC1C1CC1. The van der Waals surface area contributed by atoms with E-state index in [1.165, 1.54) is 21.6 Å². The van der Waals surface area contributed by atoms with E-state index in [-0.39, 0.29) is 11.9 Å². The minimum atomic E-state index is -0.996. The van der Waals surface area contributed by atoms with Crippen LogP contribution in [0.25, 0.3) is 0 Å². The van der Waals surface area contributed by atoms with Crippen LogP contribution in [0.4, 0.5) is 4.79 Å². The van der Waals surface area contributed by atoms with Gasteiger partial charge in [-0.1, -0.05) is 0 Å². The maximum Gasteiger partial charge on any atom is 0.327 e. The number of carboxylic acid groups (broad SMARTS) is 1. The van der Waals surface area contributed by atoms with E-state index in [0.717, 1.165) is 12.8 Å². The predicted octanol–water partition coefficient (Wildman–Crippen LogP) is 0.152. The summed E-state index contributed by atoms with van der Waals surface area (Å²) in [6, 6.07) is -1.22. The summed E-state index contributed by atoms with van der Waals surface area (Å²) in [4.78, 5) is 37.6. The van der Waals surface area contributed by atoms with E-state index in [0.29, 0.717) is 18.2 Å². The van der Waals surface area contributed by atoms with E-state index in [4.69, 9.17) is 5.73 Å². The van der Waals surface area contributed by atoms with Crippen molar-refractivity contribution in [1.29, 1.82) is 0 Å². The number of hydrogen-bond donors (Lipinski definition) is 2. The summed E-state index contributed by atoms with van der Waals surface area (Å²) in [5.74, 6) is -0.817. The largest absolute Gasteiger partial charge is 0.480 e. The van der Waals surface area contributed by atoms with Crippen molar-refractivity contribution in [2.75, 3.05) is 18.8 Å². The molecule has 8 heteroatoms. The Kier molecular flexibility index (Phi) is 4.42. The lowest BCUT2D eigenvalue weighted by Gasteiger charge is -2.32. The lowest BCUT2D eigenvalue weighted by Crippen LogP contribution is -2.53. The number of thioether (sulfide) groups is 1. The fourth-order valence-corrected chi connectivity index (χ4v) is 4.00. The van der Waals surface area contributed by atoms with Crippen LogP contribution in [-0.4, -0.2) is 63.1 Å². The van der Waals surface area contributed by atoms with Crippen LogP contribution in [0.15, 0.2) is 0 Å². The highest BCUT2D eigenvalue weighted by Gasteiger charge is 2.49. The van der Waals surface area contributed by atoms with E-state index in [9.17, 15) is 19.5 Å². The predicted molar refractivity (Wildman–Crippen MR) is 74.1 cm³/mol. The van der Waals surface area contributed by atoms with E-state index in [2.05, 4.69) is 0 Å². The smallest absolute Gasteiger partial charge is 0.327 e. The van der Waals surface area contributed by atoms with Gasteiger partial charge in [0.15, 0.2) is 0 Å². The van der Waals surface area contributed by atoms with Crippen LogP contribution >= 0.6 is 11.8 Å². The fraction of sp³-hybridized carbons (Fsp3) is 0.750. The number of rotatable bonds is 5. The minimum absolute atomic E-state index is 0.0921. The molecule has 2 atom stereocenters. The second kappa shape index (κ2) is 5.90. The Morgan fingerprint density at radius 1 is 1.40 bits per heavy atom. The van der Waals surface area contributed by atoms with Crippen molar-refractivity contribution in [1.82, 2.24) is 9.80 Å².